The van der Waals surface area contributed by atoms with Crippen LogP contribution in [0.15, 0.2) is 54.6 Å². The van der Waals surface area contributed by atoms with Crippen LogP contribution in [0, 0.1) is 0 Å². The topological polar surface area (TPSA) is 35.2 Å². The van der Waals surface area contributed by atoms with Crippen LogP contribution in [-0.4, -0.2) is 7.11 Å². The summed E-state index contributed by atoms with van der Waals surface area (Å²) in [6, 6.07) is 18.7. The van der Waals surface area contributed by atoms with Crippen molar-refractivity contribution in [3.05, 3.63) is 65.7 Å². The third kappa shape index (κ3) is 2.96. The van der Waals surface area contributed by atoms with Crippen molar-refractivity contribution < 1.29 is 4.74 Å². The van der Waals surface area contributed by atoms with Crippen LogP contribution in [0.3, 0.4) is 0 Å². The summed E-state index contributed by atoms with van der Waals surface area (Å²) in [6.45, 7) is 4.44. The average Bonchev–Trinajstić information content (AvgIpc) is 2.57. The van der Waals surface area contributed by atoms with Gasteiger partial charge in [-0.05, 0) is 36.1 Å². The molecule has 0 aliphatic heterocycles. The Bertz CT molecular complexity index is 544. The monoisotopic (exact) mass is 283 g/mol. The second-order valence-electron chi connectivity index (χ2n) is 5.48. The number of hydrogen-bond acceptors (Lipinski definition) is 2. The maximum atomic E-state index is 6.68. The normalized spacial score (nSPS) is 13.0. The Morgan fingerprint density at radius 2 is 1.52 bits per heavy atom. The van der Waals surface area contributed by atoms with E-state index in [2.05, 4.69) is 56.3 Å². The summed E-state index contributed by atoms with van der Waals surface area (Å²) in [5.41, 5.74) is 9.12. The van der Waals surface area contributed by atoms with E-state index >= 15 is 0 Å². The van der Waals surface area contributed by atoms with Crippen LogP contribution in [0.1, 0.15) is 43.9 Å². The van der Waals surface area contributed by atoms with Gasteiger partial charge in [0.1, 0.15) is 5.75 Å². The van der Waals surface area contributed by atoms with E-state index in [9.17, 15) is 0 Å². The van der Waals surface area contributed by atoms with Crippen molar-refractivity contribution in [2.45, 2.75) is 38.1 Å². The van der Waals surface area contributed by atoms with Crippen LogP contribution < -0.4 is 10.5 Å². The predicted octanol–water partition coefficient (Wildman–Crippen LogP) is 4.45. The van der Waals surface area contributed by atoms with E-state index in [1.165, 1.54) is 5.56 Å². The minimum Gasteiger partial charge on any atom is -0.497 e. The lowest BCUT2D eigenvalue weighted by Crippen LogP contribution is -2.37. The molecule has 0 bridgehead atoms. The first-order valence-corrected chi connectivity index (χ1v) is 7.63. The molecule has 2 heteroatoms. The van der Waals surface area contributed by atoms with Gasteiger partial charge in [-0.2, -0.15) is 0 Å². The first-order chi connectivity index (χ1) is 10.2. The van der Waals surface area contributed by atoms with Crippen molar-refractivity contribution in [1.82, 2.24) is 0 Å². The second kappa shape index (κ2) is 6.77. The number of ether oxygens (including phenoxy) is 1. The first-order valence-electron chi connectivity index (χ1n) is 7.63. The van der Waals surface area contributed by atoms with Crippen molar-refractivity contribution in [3.8, 4) is 5.75 Å². The summed E-state index contributed by atoms with van der Waals surface area (Å²) in [5, 5.41) is 0. The minimum atomic E-state index is -0.0319. The van der Waals surface area contributed by atoms with Crippen LogP contribution >= 0.6 is 0 Å². The first kappa shape index (κ1) is 15.6. The van der Waals surface area contributed by atoms with Gasteiger partial charge < -0.3 is 10.5 Å². The average molecular weight is 283 g/mol. The highest BCUT2D eigenvalue weighted by Crippen LogP contribution is 2.41. The van der Waals surface area contributed by atoms with Crippen molar-refractivity contribution in [2.24, 2.45) is 5.73 Å². The number of methoxy groups -OCH3 is 1. The summed E-state index contributed by atoms with van der Waals surface area (Å²) < 4.78 is 5.23. The Morgan fingerprint density at radius 1 is 0.952 bits per heavy atom. The smallest absolute Gasteiger partial charge is 0.118 e. The number of benzene rings is 2. The number of nitrogens with two attached hydrogens (primary N) is 1. The van der Waals surface area contributed by atoms with E-state index in [-0.39, 0.29) is 11.5 Å². The Balaban J connectivity index is 2.41. The molecule has 1 unspecified atom stereocenters. The molecule has 2 rings (SSSR count). The minimum absolute atomic E-state index is 0.0270. The molecule has 0 aromatic heterocycles. The van der Waals surface area contributed by atoms with E-state index in [0.29, 0.717) is 0 Å². The van der Waals surface area contributed by atoms with Gasteiger partial charge in [-0.15, -0.1) is 0 Å². The van der Waals surface area contributed by atoms with Crippen molar-refractivity contribution >= 4 is 0 Å². The van der Waals surface area contributed by atoms with Gasteiger partial charge in [0, 0.05) is 11.5 Å². The van der Waals surface area contributed by atoms with Crippen molar-refractivity contribution in [2.75, 3.05) is 7.11 Å². The standard InChI is InChI=1S/C19H25NO/c1-4-19(5-2,16-9-7-6-8-10-16)18(20)15-11-13-17(21-3)14-12-15/h6-14,18H,4-5,20H2,1-3H3. The fourth-order valence-corrected chi connectivity index (χ4v) is 3.18. The van der Waals surface area contributed by atoms with Crippen LogP contribution in [0.25, 0.3) is 0 Å². The molecule has 2 aromatic rings. The molecule has 112 valence electrons. The van der Waals surface area contributed by atoms with Crippen molar-refractivity contribution in [1.29, 1.82) is 0 Å². The zero-order valence-corrected chi connectivity index (χ0v) is 13.2. The lowest BCUT2D eigenvalue weighted by atomic mass is 9.68. The van der Waals surface area contributed by atoms with Crippen LogP contribution in [0.5, 0.6) is 5.75 Å². The summed E-state index contributed by atoms with van der Waals surface area (Å²) in [7, 11) is 1.68. The predicted molar refractivity (Wildman–Crippen MR) is 88.6 cm³/mol. The van der Waals surface area contributed by atoms with Gasteiger partial charge in [0.15, 0.2) is 0 Å². The Labute approximate surface area is 127 Å². The highest BCUT2D eigenvalue weighted by Gasteiger charge is 2.35. The molecule has 0 amide bonds. The molecule has 2 nitrogen and oxygen atoms in total. The second-order valence-corrected chi connectivity index (χ2v) is 5.48. The summed E-state index contributed by atoms with van der Waals surface area (Å²) in [5.74, 6) is 0.865. The van der Waals surface area contributed by atoms with Crippen LogP contribution in [-0.2, 0) is 5.41 Å². The zero-order chi connectivity index (χ0) is 15.3. The largest absolute Gasteiger partial charge is 0.497 e. The number of rotatable bonds is 6. The molecule has 2 N–H and O–H groups in total. The van der Waals surface area contributed by atoms with Crippen molar-refractivity contribution in [3.63, 3.8) is 0 Å². The van der Waals surface area contributed by atoms with Gasteiger partial charge in [-0.3, -0.25) is 0 Å². The lowest BCUT2D eigenvalue weighted by Gasteiger charge is -2.38. The van der Waals surface area contributed by atoms with Gasteiger partial charge in [-0.25, -0.2) is 0 Å². The maximum absolute atomic E-state index is 6.68. The molecule has 0 saturated heterocycles. The molecule has 0 radical (unpaired) electrons. The van der Waals surface area contributed by atoms with Gasteiger partial charge >= 0.3 is 0 Å². The maximum Gasteiger partial charge on any atom is 0.118 e. The summed E-state index contributed by atoms with van der Waals surface area (Å²) >= 11 is 0. The molecular weight excluding hydrogens is 258 g/mol. The van der Waals surface area contributed by atoms with E-state index < -0.39 is 0 Å². The SMILES string of the molecule is CCC(CC)(c1ccccc1)C(N)c1ccc(OC)cc1. The zero-order valence-electron chi connectivity index (χ0n) is 13.2. The highest BCUT2D eigenvalue weighted by atomic mass is 16.5. The quantitative estimate of drug-likeness (QED) is 0.850. The van der Waals surface area contributed by atoms with E-state index in [1.54, 1.807) is 7.11 Å². The summed E-state index contributed by atoms with van der Waals surface area (Å²) in [6.07, 6.45) is 2.03. The Hall–Kier alpha value is -1.80. The molecule has 1 atom stereocenters. The van der Waals surface area contributed by atoms with E-state index in [4.69, 9.17) is 10.5 Å². The molecule has 0 heterocycles. The van der Waals surface area contributed by atoms with Gasteiger partial charge in [-0.1, -0.05) is 56.3 Å². The number of hydrogen-bond donors (Lipinski definition) is 1. The molecule has 0 aliphatic rings. The Morgan fingerprint density at radius 3 is 2.00 bits per heavy atom. The molecular formula is C19H25NO. The third-order valence-electron chi connectivity index (χ3n) is 4.68. The van der Waals surface area contributed by atoms with Crippen LogP contribution in [0.4, 0.5) is 0 Å². The lowest BCUT2D eigenvalue weighted by molar-refractivity contribution is 0.322. The van der Waals surface area contributed by atoms with Crippen LogP contribution in [0.2, 0.25) is 0 Å². The Kier molecular flexibility index (Phi) is 5.03. The van der Waals surface area contributed by atoms with Gasteiger partial charge in [0.2, 0.25) is 0 Å². The third-order valence-corrected chi connectivity index (χ3v) is 4.68. The molecule has 2 aromatic carbocycles. The van der Waals surface area contributed by atoms with E-state index in [0.717, 1.165) is 24.2 Å². The fourth-order valence-electron chi connectivity index (χ4n) is 3.18. The molecule has 0 aliphatic carbocycles. The molecule has 0 saturated carbocycles. The van der Waals surface area contributed by atoms with E-state index in [1.807, 2.05) is 12.1 Å². The van der Waals surface area contributed by atoms with Gasteiger partial charge in [0.05, 0.1) is 7.11 Å². The molecule has 0 fully saturated rings. The fraction of sp³-hybridized carbons (Fsp3) is 0.368. The highest BCUT2D eigenvalue weighted by molar-refractivity contribution is 5.35. The molecule has 21 heavy (non-hydrogen) atoms. The molecule has 0 spiro atoms. The van der Waals surface area contributed by atoms with Gasteiger partial charge in [0.25, 0.3) is 0 Å². The summed E-state index contributed by atoms with van der Waals surface area (Å²) in [4.78, 5) is 0.